The number of halogens is 1. The Labute approximate surface area is 109 Å². The number of hydrogen-bond acceptors (Lipinski definition) is 4. The molecule has 0 atom stereocenters. The molecule has 94 valence electrons. The quantitative estimate of drug-likeness (QED) is 0.441. The minimum absolute atomic E-state index is 0.276. The predicted molar refractivity (Wildman–Crippen MR) is 67.9 cm³/mol. The zero-order valence-corrected chi connectivity index (χ0v) is 11.4. The fraction of sp³-hybridized carbons (Fsp3) is 0.500. The number of esters is 1. The summed E-state index contributed by atoms with van der Waals surface area (Å²) in [4.78, 5) is 15.5. The summed E-state index contributed by atoms with van der Waals surface area (Å²) in [6.45, 7) is 3.53. The summed E-state index contributed by atoms with van der Waals surface area (Å²) < 4.78 is 11.0. The van der Waals surface area contributed by atoms with Crippen molar-refractivity contribution in [1.82, 2.24) is 4.98 Å². The Hall–Kier alpha value is -0.940. The van der Waals surface area contributed by atoms with Crippen molar-refractivity contribution in [3.8, 4) is 0 Å². The zero-order chi connectivity index (χ0) is 12.5. The van der Waals surface area contributed by atoms with E-state index in [0.29, 0.717) is 23.4 Å². The predicted octanol–water partition coefficient (Wildman–Crippen LogP) is 2.82. The molecule has 5 heteroatoms. The van der Waals surface area contributed by atoms with Crippen LogP contribution in [0.5, 0.6) is 0 Å². The van der Waals surface area contributed by atoms with E-state index in [1.165, 1.54) is 6.20 Å². The molecule has 0 aliphatic rings. The molecule has 0 bridgehead atoms. The Kier molecular flexibility index (Phi) is 6.81. The second kappa shape index (κ2) is 8.20. The number of carbonyl (C=O) groups excluding carboxylic acids is 1. The smallest absolute Gasteiger partial charge is 0.339 e. The van der Waals surface area contributed by atoms with E-state index >= 15 is 0 Å². The van der Waals surface area contributed by atoms with Crippen LogP contribution < -0.4 is 0 Å². The maximum atomic E-state index is 11.5. The SMILES string of the molecule is CCCCOCCOC(=O)c1ccc(Br)nc1. The van der Waals surface area contributed by atoms with E-state index in [9.17, 15) is 4.79 Å². The van der Waals surface area contributed by atoms with Crippen molar-refractivity contribution in [2.24, 2.45) is 0 Å². The summed E-state index contributed by atoms with van der Waals surface area (Å²) in [5, 5.41) is 0. The molecule has 0 spiro atoms. The van der Waals surface area contributed by atoms with Gasteiger partial charge >= 0.3 is 5.97 Å². The second-order valence-electron chi connectivity index (χ2n) is 3.47. The molecule has 0 aliphatic heterocycles. The first-order valence-electron chi connectivity index (χ1n) is 5.60. The number of aromatic nitrogens is 1. The number of carbonyl (C=O) groups is 1. The Morgan fingerprint density at radius 1 is 1.35 bits per heavy atom. The van der Waals surface area contributed by atoms with Crippen LogP contribution >= 0.6 is 15.9 Å². The third-order valence-electron chi connectivity index (χ3n) is 2.07. The molecule has 0 aromatic carbocycles. The van der Waals surface area contributed by atoms with E-state index in [1.54, 1.807) is 12.1 Å². The fourth-order valence-corrected chi connectivity index (χ4v) is 1.36. The number of ether oxygens (including phenoxy) is 2. The number of rotatable bonds is 7. The minimum atomic E-state index is -0.371. The van der Waals surface area contributed by atoms with Crippen molar-refractivity contribution in [2.45, 2.75) is 19.8 Å². The van der Waals surface area contributed by atoms with Gasteiger partial charge in [-0.15, -0.1) is 0 Å². The average Bonchev–Trinajstić information content (AvgIpc) is 2.34. The van der Waals surface area contributed by atoms with Gasteiger partial charge in [-0.25, -0.2) is 9.78 Å². The largest absolute Gasteiger partial charge is 0.460 e. The van der Waals surface area contributed by atoms with Gasteiger partial charge in [-0.1, -0.05) is 13.3 Å². The van der Waals surface area contributed by atoms with Crippen LogP contribution in [0.1, 0.15) is 30.1 Å². The molecule has 0 saturated heterocycles. The van der Waals surface area contributed by atoms with Gasteiger partial charge in [0.1, 0.15) is 11.2 Å². The van der Waals surface area contributed by atoms with E-state index in [4.69, 9.17) is 9.47 Å². The highest BCUT2D eigenvalue weighted by molar-refractivity contribution is 9.10. The van der Waals surface area contributed by atoms with Crippen LogP contribution in [-0.2, 0) is 9.47 Å². The lowest BCUT2D eigenvalue weighted by Crippen LogP contribution is -2.11. The van der Waals surface area contributed by atoms with E-state index < -0.39 is 0 Å². The molecule has 4 nitrogen and oxygen atoms in total. The standard InChI is InChI=1S/C12H16BrNO3/c1-2-3-6-16-7-8-17-12(15)10-4-5-11(13)14-9-10/h4-5,9H,2-3,6-8H2,1H3. The van der Waals surface area contributed by atoms with Crippen molar-refractivity contribution in [3.05, 3.63) is 28.5 Å². The normalized spacial score (nSPS) is 10.2. The van der Waals surface area contributed by atoms with Gasteiger partial charge in [-0.2, -0.15) is 0 Å². The van der Waals surface area contributed by atoms with Gasteiger partial charge in [0.15, 0.2) is 0 Å². The minimum Gasteiger partial charge on any atom is -0.460 e. The van der Waals surface area contributed by atoms with Gasteiger partial charge in [-0.05, 0) is 34.5 Å². The Balaban J connectivity index is 2.19. The summed E-state index contributed by atoms with van der Waals surface area (Å²) in [7, 11) is 0. The van der Waals surface area contributed by atoms with Gasteiger partial charge in [0.05, 0.1) is 12.2 Å². The number of pyridine rings is 1. The molecule has 1 rings (SSSR count). The summed E-state index contributed by atoms with van der Waals surface area (Å²) in [6, 6.07) is 3.37. The van der Waals surface area contributed by atoms with Crippen LogP contribution in [0.15, 0.2) is 22.9 Å². The van der Waals surface area contributed by atoms with E-state index in [0.717, 1.165) is 12.8 Å². The van der Waals surface area contributed by atoms with E-state index in [1.807, 2.05) is 0 Å². The third kappa shape index (κ3) is 5.79. The Morgan fingerprint density at radius 3 is 2.82 bits per heavy atom. The highest BCUT2D eigenvalue weighted by atomic mass is 79.9. The summed E-state index contributed by atoms with van der Waals surface area (Å²) in [5.74, 6) is -0.371. The molecular weight excluding hydrogens is 286 g/mol. The molecule has 0 N–H and O–H groups in total. The first kappa shape index (κ1) is 14.1. The van der Waals surface area contributed by atoms with E-state index in [2.05, 4.69) is 27.8 Å². The van der Waals surface area contributed by atoms with Crippen LogP contribution in [0, 0.1) is 0 Å². The van der Waals surface area contributed by atoms with Crippen molar-refractivity contribution >= 4 is 21.9 Å². The lowest BCUT2D eigenvalue weighted by Gasteiger charge is -2.05. The van der Waals surface area contributed by atoms with Crippen molar-refractivity contribution in [3.63, 3.8) is 0 Å². The third-order valence-corrected chi connectivity index (χ3v) is 2.54. The first-order chi connectivity index (χ1) is 8.24. The molecular formula is C12H16BrNO3. The molecule has 0 unspecified atom stereocenters. The van der Waals surface area contributed by atoms with Crippen molar-refractivity contribution in [2.75, 3.05) is 19.8 Å². The van der Waals surface area contributed by atoms with Crippen LogP contribution in [0.25, 0.3) is 0 Å². The number of nitrogens with zero attached hydrogens (tertiary/aromatic N) is 1. The number of hydrogen-bond donors (Lipinski definition) is 0. The van der Waals surface area contributed by atoms with Gasteiger partial charge in [0, 0.05) is 12.8 Å². The van der Waals surface area contributed by atoms with Gasteiger partial charge in [0.2, 0.25) is 0 Å². The Morgan fingerprint density at radius 2 is 2.18 bits per heavy atom. The maximum absolute atomic E-state index is 11.5. The average molecular weight is 302 g/mol. The van der Waals surface area contributed by atoms with Crippen LogP contribution in [-0.4, -0.2) is 30.8 Å². The molecule has 1 aromatic heterocycles. The van der Waals surface area contributed by atoms with Crippen molar-refractivity contribution in [1.29, 1.82) is 0 Å². The fourth-order valence-electron chi connectivity index (χ4n) is 1.12. The van der Waals surface area contributed by atoms with Crippen LogP contribution in [0.2, 0.25) is 0 Å². The van der Waals surface area contributed by atoms with Crippen LogP contribution in [0.3, 0.4) is 0 Å². The first-order valence-corrected chi connectivity index (χ1v) is 6.39. The molecule has 1 heterocycles. The van der Waals surface area contributed by atoms with Gasteiger partial charge < -0.3 is 9.47 Å². The Bertz CT molecular complexity index is 340. The topological polar surface area (TPSA) is 48.4 Å². The highest BCUT2D eigenvalue weighted by Crippen LogP contribution is 2.07. The summed E-state index contributed by atoms with van der Waals surface area (Å²) in [5.41, 5.74) is 0.446. The monoisotopic (exact) mass is 301 g/mol. The molecule has 0 saturated carbocycles. The van der Waals surface area contributed by atoms with Crippen molar-refractivity contribution < 1.29 is 14.3 Å². The highest BCUT2D eigenvalue weighted by Gasteiger charge is 2.06. The van der Waals surface area contributed by atoms with Gasteiger partial charge in [0.25, 0.3) is 0 Å². The molecule has 0 aliphatic carbocycles. The summed E-state index contributed by atoms with van der Waals surface area (Å²) in [6.07, 6.45) is 3.61. The molecule has 0 amide bonds. The molecule has 0 radical (unpaired) electrons. The summed E-state index contributed by atoms with van der Waals surface area (Å²) >= 11 is 3.20. The molecule has 0 fully saturated rings. The van der Waals surface area contributed by atoms with Crippen LogP contribution in [0.4, 0.5) is 0 Å². The molecule has 1 aromatic rings. The van der Waals surface area contributed by atoms with E-state index in [-0.39, 0.29) is 12.6 Å². The van der Waals surface area contributed by atoms with Gasteiger partial charge in [-0.3, -0.25) is 0 Å². The zero-order valence-electron chi connectivity index (χ0n) is 9.82. The second-order valence-corrected chi connectivity index (χ2v) is 4.28. The maximum Gasteiger partial charge on any atom is 0.339 e. The lowest BCUT2D eigenvalue weighted by atomic mass is 10.3. The number of unbranched alkanes of at least 4 members (excludes halogenated alkanes) is 1. The molecule has 17 heavy (non-hydrogen) atoms. The lowest BCUT2D eigenvalue weighted by molar-refractivity contribution is 0.0313.